The molecule has 1 aromatic carbocycles. The van der Waals surface area contributed by atoms with Crippen LogP contribution in [0.2, 0.25) is 0 Å². The summed E-state index contributed by atoms with van der Waals surface area (Å²) < 4.78 is 15.2. The number of carbonyl (C=O) groups is 1. The van der Waals surface area contributed by atoms with Crippen molar-refractivity contribution in [3.8, 4) is 17.3 Å². The molecule has 0 bridgehead atoms. The van der Waals surface area contributed by atoms with E-state index in [1.165, 1.54) is 0 Å². The Labute approximate surface area is 205 Å². The van der Waals surface area contributed by atoms with Gasteiger partial charge >= 0.3 is 5.97 Å². The highest BCUT2D eigenvalue weighted by Crippen LogP contribution is 2.34. The Hall–Kier alpha value is -3.65. The lowest BCUT2D eigenvalue weighted by molar-refractivity contribution is 0.0377. The molecule has 2 N–H and O–H groups in total. The number of fused-ring (bicyclic) bond motifs is 2. The molecule has 184 valence electrons. The van der Waals surface area contributed by atoms with Crippen LogP contribution in [0.3, 0.4) is 0 Å². The molecule has 0 aliphatic rings. The van der Waals surface area contributed by atoms with Crippen molar-refractivity contribution in [2.24, 2.45) is 12.8 Å². The van der Waals surface area contributed by atoms with Gasteiger partial charge in [0, 0.05) is 25.0 Å². The predicted molar refractivity (Wildman–Crippen MR) is 139 cm³/mol. The first-order chi connectivity index (χ1) is 16.7. The molecular weight excluding hydrogens is 442 g/mol. The highest BCUT2D eigenvalue weighted by molar-refractivity contribution is 5.97. The Kier molecular flexibility index (Phi) is 6.93. The van der Waals surface area contributed by atoms with E-state index in [1.807, 2.05) is 44.5 Å². The van der Waals surface area contributed by atoms with Gasteiger partial charge < -0.3 is 24.3 Å². The number of ether oxygens (including phenoxy) is 2. The number of imidazole rings is 1. The summed E-state index contributed by atoms with van der Waals surface area (Å²) >= 11 is 0. The zero-order chi connectivity index (χ0) is 25.3. The van der Waals surface area contributed by atoms with Gasteiger partial charge in [-0.15, -0.1) is 6.58 Å². The summed E-state index contributed by atoms with van der Waals surface area (Å²) in [5, 5.41) is 1.02. The second-order valence-corrected chi connectivity index (χ2v) is 9.04. The summed E-state index contributed by atoms with van der Waals surface area (Å²) in [7, 11) is 3.54. The fourth-order valence-electron chi connectivity index (χ4n) is 4.30. The Morgan fingerprint density at radius 3 is 2.63 bits per heavy atom. The Balaban J connectivity index is 1.91. The minimum atomic E-state index is -0.404. The van der Waals surface area contributed by atoms with Gasteiger partial charge in [-0.05, 0) is 63.9 Å². The third-order valence-corrected chi connectivity index (χ3v) is 5.98. The van der Waals surface area contributed by atoms with Crippen molar-refractivity contribution in [3.63, 3.8) is 0 Å². The molecule has 0 saturated carbocycles. The Morgan fingerprint density at radius 2 is 1.97 bits per heavy atom. The summed E-state index contributed by atoms with van der Waals surface area (Å²) in [6.45, 7) is 10.2. The molecule has 0 aliphatic heterocycles. The predicted octanol–water partition coefficient (Wildman–Crippen LogP) is 5.15. The van der Waals surface area contributed by atoms with Crippen LogP contribution in [0.5, 0.6) is 5.75 Å². The van der Waals surface area contributed by atoms with Crippen molar-refractivity contribution in [1.82, 2.24) is 19.1 Å². The number of allylic oxidation sites excluding steroid dienone is 1. The molecule has 0 spiro atoms. The number of carbonyl (C=O) groups excluding carboxylic acids is 1. The van der Waals surface area contributed by atoms with Crippen LogP contribution in [0, 0.1) is 0 Å². The van der Waals surface area contributed by atoms with Gasteiger partial charge in [-0.2, -0.15) is 0 Å². The third-order valence-electron chi connectivity index (χ3n) is 5.98. The second-order valence-electron chi connectivity index (χ2n) is 9.04. The van der Waals surface area contributed by atoms with Crippen molar-refractivity contribution in [3.05, 3.63) is 54.2 Å². The smallest absolute Gasteiger partial charge is 0.338 e. The van der Waals surface area contributed by atoms with E-state index in [4.69, 9.17) is 25.2 Å². The van der Waals surface area contributed by atoms with Crippen LogP contribution in [0.25, 0.3) is 33.6 Å². The van der Waals surface area contributed by atoms with Gasteiger partial charge in [0.05, 0.1) is 35.7 Å². The number of rotatable bonds is 9. The number of pyridine rings is 1. The van der Waals surface area contributed by atoms with Gasteiger partial charge in [-0.25, -0.2) is 14.8 Å². The average molecular weight is 476 g/mol. The summed E-state index contributed by atoms with van der Waals surface area (Å²) in [6.07, 6.45) is 3.51. The van der Waals surface area contributed by atoms with Crippen LogP contribution in [0.4, 0.5) is 0 Å². The summed E-state index contributed by atoms with van der Waals surface area (Å²) in [6, 6.07) is 9.41. The van der Waals surface area contributed by atoms with E-state index in [0.717, 1.165) is 53.1 Å². The number of hydrogen-bond acceptors (Lipinski definition) is 6. The fraction of sp³-hybridized carbons (Fsp3) is 0.370. The number of nitrogens with two attached hydrogens (primary N) is 1. The summed E-state index contributed by atoms with van der Waals surface area (Å²) in [5.74, 6) is 0.913. The maximum absolute atomic E-state index is 12.6. The van der Waals surface area contributed by atoms with E-state index in [2.05, 4.69) is 23.3 Å². The van der Waals surface area contributed by atoms with Crippen molar-refractivity contribution >= 4 is 28.0 Å². The molecule has 4 rings (SSSR count). The maximum Gasteiger partial charge on any atom is 0.338 e. The molecule has 4 aromatic rings. The molecule has 3 aromatic heterocycles. The van der Waals surface area contributed by atoms with Gasteiger partial charge in [0.25, 0.3) is 0 Å². The van der Waals surface area contributed by atoms with Gasteiger partial charge in [0.2, 0.25) is 0 Å². The number of unbranched alkanes of at least 4 members (excludes halogenated alkanes) is 1. The van der Waals surface area contributed by atoms with Gasteiger partial charge in [-0.3, -0.25) is 0 Å². The molecule has 0 fully saturated rings. The largest absolute Gasteiger partial charge is 0.494 e. The van der Waals surface area contributed by atoms with Crippen LogP contribution in [0.1, 0.15) is 55.7 Å². The first kappa shape index (κ1) is 24.5. The van der Waals surface area contributed by atoms with E-state index in [0.29, 0.717) is 16.8 Å². The molecule has 8 nitrogen and oxygen atoms in total. The number of methoxy groups -OCH3 is 1. The zero-order valence-corrected chi connectivity index (χ0v) is 21.0. The molecule has 0 saturated heterocycles. The average Bonchev–Trinajstić information content (AvgIpc) is 3.35. The second kappa shape index (κ2) is 9.92. The first-order valence-electron chi connectivity index (χ1n) is 11.9. The maximum atomic E-state index is 12.6. The normalized spacial score (nSPS) is 12.4. The van der Waals surface area contributed by atoms with Crippen LogP contribution < -0.4 is 10.5 Å². The molecular formula is C27H33N5O3. The lowest BCUT2D eigenvalue weighted by atomic mass is 10.2. The molecule has 1 atom stereocenters. The van der Waals surface area contributed by atoms with Gasteiger partial charge in [0.15, 0.2) is 5.82 Å². The number of aryl methyl sites for hydroxylation is 2. The van der Waals surface area contributed by atoms with E-state index >= 15 is 0 Å². The highest BCUT2D eigenvalue weighted by Gasteiger charge is 2.22. The topological polar surface area (TPSA) is 97.2 Å². The molecule has 35 heavy (non-hydrogen) atoms. The van der Waals surface area contributed by atoms with E-state index < -0.39 is 5.97 Å². The monoisotopic (exact) mass is 475 g/mol. The van der Waals surface area contributed by atoms with E-state index in [-0.39, 0.29) is 12.1 Å². The number of nitrogens with zero attached hydrogens (tertiary/aromatic N) is 4. The van der Waals surface area contributed by atoms with E-state index in [9.17, 15) is 4.79 Å². The van der Waals surface area contributed by atoms with Gasteiger partial charge in [0.1, 0.15) is 16.9 Å². The summed E-state index contributed by atoms with van der Waals surface area (Å²) in [5.41, 5.74) is 10.6. The highest BCUT2D eigenvalue weighted by atomic mass is 16.5. The molecule has 8 heteroatoms. The quantitative estimate of drug-likeness (QED) is 0.204. The standard InChI is InChI=1S/C27H33N5O3/c1-7-8-9-12-32-22(14-18-10-11-20(17(4)28)29-25(18)32)26-30-21-13-19(27(33)35-16(2)3)15-23(34-6)24(21)31(26)5/h7,10-11,13-17H,1,8-9,12,28H2,2-6H3/t17-/m1/s1. The Bertz CT molecular complexity index is 1400. The first-order valence-corrected chi connectivity index (χ1v) is 11.9. The van der Waals surface area contributed by atoms with Crippen LogP contribution in [-0.4, -0.2) is 38.3 Å². The number of hydrogen-bond donors (Lipinski definition) is 1. The number of benzene rings is 1. The SMILES string of the molecule is C=CCCCn1c(-c2nc3cc(C(=O)OC(C)C)cc(OC)c3n2C)cc2ccc([C@@H](C)N)nc21. The van der Waals surface area contributed by atoms with E-state index in [1.54, 1.807) is 19.2 Å². The van der Waals surface area contributed by atoms with Crippen molar-refractivity contribution in [2.75, 3.05) is 7.11 Å². The van der Waals surface area contributed by atoms with Crippen molar-refractivity contribution in [2.45, 2.75) is 52.3 Å². The fourth-order valence-corrected chi connectivity index (χ4v) is 4.30. The minimum absolute atomic E-state index is 0.164. The summed E-state index contributed by atoms with van der Waals surface area (Å²) in [4.78, 5) is 22.4. The molecule has 3 heterocycles. The minimum Gasteiger partial charge on any atom is -0.494 e. The van der Waals surface area contributed by atoms with Crippen molar-refractivity contribution in [1.29, 1.82) is 0 Å². The number of esters is 1. The lowest BCUT2D eigenvalue weighted by Gasteiger charge is -2.12. The third kappa shape index (κ3) is 4.66. The lowest BCUT2D eigenvalue weighted by Crippen LogP contribution is -2.11. The Morgan fingerprint density at radius 1 is 1.20 bits per heavy atom. The molecule has 0 aliphatic carbocycles. The van der Waals surface area contributed by atoms with Gasteiger partial charge in [-0.1, -0.05) is 6.08 Å². The number of aromatic nitrogens is 4. The zero-order valence-electron chi connectivity index (χ0n) is 21.0. The van der Waals surface area contributed by atoms with Crippen LogP contribution in [0.15, 0.2) is 43.0 Å². The molecule has 0 radical (unpaired) electrons. The van der Waals surface area contributed by atoms with Crippen LogP contribution >= 0.6 is 0 Å². The van der Waals surface area contributed by atoms with Crippen molar-refractivity contribution < 1.29 is 14.3 Å². The molecule has 0 unspecified atom stereocenters. The van der Waals surface area contributed by atoms with Crippen LogP contribution in [-0.2, 0) is 18.3 Å². The molecule has 0 amide bonds.